The first-order chi connectivity index (χ1) is 14.1. The molecule has 0 aliphatic heterocycles. The Hall–Kier alpha value is -3.85. The van der Waals surface area contributed by atoms with Gasteiger partial charge in [-0.25, -0.2) is 0 Å². The third-order valence-corrected chi connectivity index (χ3v) is 5.07. The highest BCUT2D eigenvalue weighted by molar-refractivity contribution is 7.19. The number of nitro benzene ring substituents is 1. The van der Waals surface area contributed by atoms with E-state index in [0.717, 1.165) is 16.3 Å². The van der Waals surface area contributed by atoms with Gasteiger partial charge >= 0.3 is 0 Å². The fourth-order valence-corrected chi connectivity index (χ4v) is 3.53. The lowest BCUT2D eigenvalue weighted by Gasteiger charge is -2.06. The van der Waals surface area contributed by atoms with Crippen LogP contribution in [0.1, 0.15) is 15.9 Å². The predicted octanol–water partition coefficient (Wildman–Crippen LogP) is 4.46. The van der Waals surface area contributed by atoms with Crippen LogP contribution in [0.2, 0.25) is 0 Å². The minimum Gasteiger partial charge on any atom is -0.356 e. The number of nitrogens with zero attached hydrogens (tertiary/aromatic N) is 3. The smallest absolute Gasteiger partial charge is 0.270 e. The van der Waals surface area contributed by atoms with Gasteiger partial charge in [-0.05, 0) is 22.4 Å². The first kappa shape index (κ1) is 18.5. The predicted molar refractivity (Wildman–Crippen MR) is 112 cm³/mol. The highest BCUT2D eigenvalue weighted by Gasteiger charge is 2.14. The third kappa shape index (κ3) is 4.19. The van der Waals surface area contributed by atoms with E-state index in [-0.39, 0.29) is 11.3 Å². The van der Waals surface area contributed by atoms with Crippen LogP contribution in [0.25, 0.3) is 10.8 Å². The molecule has 0 atom stereocenters. The zero-order chi connectivity index (χ0) is 20.2. The van der Waals surface area contributed by atoms with E-state index in [4.69, 9.17) is 0 Å². The molecule has 8 nitrogen and oxygen atoms in total. The molecule has 0 saturated carbocycles. The molecule has 3 aromatic carbocycles. The summed E-state index contributed by atoms with van der Waals surface area (Å²) in [5.41, 5.74) is 1.16. The minimum atomic E-state index is -0.545. The molecule has 1 aromatic heterocycles. The minimum absolute atomic E-state index is 0.146. The topological polar surface area (TPSA) is 110 Å². The number of aromatic nitrogens is 2. The standard InChI is InChI=1S/C20H15N5O3S/c26-18(14-7-4-9-16(11-14)25(27)28)22-20-24-23-19(29-20)21-12-15-8-3-6-13-5-1-2-10-17(13)15/h1-11H,12H2,(H,21,23)(H,22,24,26). The molecule has 29 heavy (non-hydrogen) atoms. The van der Waals surface area contributed by atoms with Gasteiger partial charge in [-0.2, -0.15) is 0 Å². The van der Waals surface area contributed by atoms with E-state index in [1.54, 1.807) is 0 Å². The van der Waals surface area contributed by atoms with Crippen molar-refractivity contribution in [3.63, 3.8) is 0 Å². The van der Waals surface area contributed by atoms with E-state index in [9.17, 15) is 14.9 Å². The second-order valence-corrected chi connectivity index (χ2v) is 7.14. The second kappa shape index (κ2) is 8.03. The maximum atomic E-state index is 12.3. The Kier molecular flexibility index (Phi) is 5.12. The molecule has 0 aliphatic carbocycles. The number of benzene rings is 3. The van der Waals surface area contributed by atoms with Crippen molar-refractivity contribution >= 4 is 44.0 Å². The number of nitrogens with one attached hydrogen (secondary N) is 2. The lowest BCUT2D eigenvalue weighted by molar-refractivity contribution is -0.384. The van der Waals surface area contributed by atoms with Gasteiger partial charge in [0.05, 0.1) is 4.92 Å². The van der Waals surface area contributed by atoms with Crippen molar-refractivity contribution in [2.75, 3.05) is 10.6 Å². The first-order valence-corrected chi connectivity index (χ1v) is 9.51. The summed E-state index contributed by atoms with van der Waals surface area (Å²) >= 11 is 1.19. The maximum absolute atomic E-state index is 12.3. The molecule has 0 fully saturated rings. The van der Waals surface area contributed by atoms with Crippen LogP contribution in [-0.2, 0) is 6.54 Å². The summed E-state index contributed by atoms with van der Waals surface area (Å²) < 4.78 is 0. The molecule has 1 heterocycles. The van der Waals surface area contributed by atoms with Crippen LogP contribution in [0.15, 0.2) is 66.7 Å². The van der Waals surface area contributed by atoms with Crippen LogP contribution in [0.5, 0.6) is 0 Å². The molecule has 9 heteroatoms. The van der Waals surface area contributed by atoms with Crippen molar-refractivity contribution in [3.8, 4) is 0 Å². The number of hydrogen-bond donors (Lipinski definition) is 2. The van der Waals surface area contributed by atoms with Crippen LogP contribution in [0.3, 0.4) is 0 Å². The Labute approximate surface area is 169 Å². The number of fused-ring (bicyclic) bond motifs is 1. The summed E-state index contributed by atoms with van der Waals surface area (Å²) in [7, 11) is 0. The van der Waals surface area contributed by atoms with E-state index in [1.807, 2.05) is 24.3 Å². The van der Waals surface area contributed by atoms with Gasteiger partial charge in [0.25, 0.3) is 11.6 Å². The largest absolute Gasteiger partial charge is 0.356 e. The van der Waals surface area contributed by atoms with Gasteiger partial charge in [0, 0.05) is 24.2 Å². The van der Waals surface area contributed by atoms with Crippen LogP contribution in [0.4, 0.5) is 16.0 Å². The average molecular weight is 405 g/mol. The van der Waals surface area contributed by atoms with E-state index < -0.39 is 10.8 Å². The van der Waals surface area contributed by atoms with Crippen molar-refractivity contribution in [1.29, 1.82) is 0 Å². The number of carbonyl (C=O) groups is 1. The van der Waals surface area contributed by atoms with Crippen LogP contribution in [-0.4, -0.2) is 21.0 Å². The summed E-state index contributed by atoms with van der Waals surface area (Å²) in [5.74, 6) is -0.481. The molecule has 4 rings (SSSR count). The van der Waals surface area contributed by atoms with Crippen molar-refractivity contribution in [2.45, 2.75) is 6.54 Å². The van der Waals surface area contributed by atoms with E-state index in [2.05, 4.69) is 39.0 Å². The number of anilines is 2. The van der Waals surface area contributed by atoms with Crippen LogP contribution in [0, 0.1) is 10.1 Å². The monoisotopic (exact) mass is 405 g/mol. The molecular formula is C20H15N5O3S. The molecular weight excluding hydrogens is 390 g/mol. The molecule has 0 aliphatic rings. The summed E-state index contributed by atoms with van der Waals surface area (Å²) in [6.07, 6.45) is 0. The fraction of sp³-hybridized carbons (Fsp3) is 0.0500. The van der Waals surface area contributed by atoms with E-state index in [0.29, 0.717) is 16.8 Å². The van der Waals surface area contributed by atoms with Crippen molar-refractivity contribution in [3.05, 3.63) is 88.0 Å². The highest BCUT2D eigenvalue weighted by atomic mass is 32.1. The van der Waals surface area contributed by atoms with E-state index >= 15 is 0 Å². The average Bonchev–Trinajstić information content (AvgIpc) is 3.19. The van der Waals surface area contributed by atoms with Gasteiger partial charge in [-0.15, -0.1) is 10.2 Å². The van der Waals surface area contributed by atoms with Gasteiger partial charge < -0.3 is 5.32 Å². The maximum Gasteiger partial charge on any atom is 0.270 e. The van der Waals surface area contributed by atoms with Gasteiger partial charge in [0.15, 0.2) is 0 Å². The Morgan fingerprint density at radius 3 is 2.62 bits per heavy atom. The molecule has 0 saturated heterocycles. The van der Waals surface area contributed by atoms with E-state index in [1.165, 1.54) is 35.6 Å². The lowest BCUT2D eigenvalue weighted by Crippen LogP contribution is -2.11. The van der Waals surface area contributed by atoms with Crippen LogP contribution >= 0.6 is 11.3 Å². The zero-order valence-corrected chi connectivity index (χ0v) is 15.8. The molecule has 0 radical (unpaired) electrons. The molecule has 2 N–H and O–H groups in total. The molecule has 0 unspecified atom stereocenters. The quantitative estimate of drug-likeness (QED) is 0.362. The number of hydrogen-bond acceptors (Lipinski definition) is 7. The Morgan fingerprint density at radius 2 is 1.76 bits per heavy atom. The van der Waals surface area contributed by atoms with Gasteiger partial charge in [0.1, 0.15) is 0 Å². The molecule has 4 aromatic rings. The number of amides is 1. The van der Waals surface area contributed by atoms with Gasteiger partial charge in [-0.3, -0.25) is 20.2 Å². The molecule has 1 amide bonds. The van der Waals surface area contributed by atoms with Crippen molar-refractivity contribution in [1.82, 2.24) is 10.2 Å². The van der Waals surface area contributed by atoms with Gasteiger partial charge in [0.2, 0.25) is 10.3 Å². The second-order valence-electron chi connectivity index (χ2n) is 6.17. The SMILES string of the molecule is O=C(Nc1nnc(NCc2cccc3ccccc23)s1)c1cccc([N+](=O)[O-])c1. The zero-order valence-electron chi connectivity index (χ0n) is 15.0. The molecule has 0 spiro atoms. The van der Waals surface area contributed by atoms with Gasteiger partial charge in [-0.1, -0.05) is 59.9 Å². The van der Waals surface area contributed by atoms with Crippen molar-refractivity contribution in [2.24, 2.45) is 0 Å². The summed E-state index contributed by atoms with van der Waals surface area (Å²) in [4.78, 5) is 22.6. The summed E-state index contributed by atoms with van der Waals surface area (Å²) in [5, 5.41) is 27.9. The Balaban J connectivity index is 1.43. The summed E-state index contributed by atoms with van der Waals surface area (Å²) in [6.45, 7) is 0.564. The van der Waals surface area contributed by atoms with Crippen LogP contribution < -0.4 is 10.6 Å². The fourth-order valence-electron chi connectivity index (χ4n) is 2.89. The third-order valence-electron chi connectivity index (χ3n) is 4.27. The Bertz CT molecular complexity index is 1200. The molecule has 0 bridgehead atoms. The number of rotatable bonds is 6. The molecule has 144 valence electrons. The number of carbonyl (C=O) groups excluding carboxylic acids is 1. The highest BCUT2D eigenvalue weighted by Crippen LogP contribution is 2.24. The first-order valence-electron chi connectivity index (χ1n) is 8.70. The number of nitro groups is 1. The summed E-state index contributed by atoms with van der Waals surface area (Å²) in [6, 6.07) is 19.7. The lowest BCUT2D eigenvalue weighted by atomic mass is 10.0. The Morgan fingerprint density at radius 1 is 1.00 bits per heavy atom. The normalized spacial score (nSPS) is 10.6. The number of non-ortho nitro benzene ring substituents is 1. The van der Waals surface area contributed by atoms with Crippen molar-refractivity contribution < 1.29 is 9.72 Å².